The van der Waals surface area contributed by atoms with Crippen LogP contribution in [0.25, 0.3) is 11.3 Å². The van der Waals surface area contributed by atoms with Crippen molar-refractivity contribution in [3.05, 3.63) is 69.1 Å². The van der Waals surface area contributed by atoms with E-state index >= 15 is 0 Å². The van der Waals surface area contributed by atoms with Crippen LogP contribution >= 0.6 is 11.3 Å². The highest BCUT2D eigenvalue weighted by molar-refractivity contribution is 7.18. The van der Waals surface area contributed by atoms with E-state index in [0.717, 1.165) is 16.9 Å². The van der Waals surface area contributed by atoms with Crippen molar-refractivity contribution in [2.45, 2.75) is 6.92 Å². The minimum Gasteiger partial charge on any atom is -0.378 e. The van der Waals surface area contributed by atoms with Crippen molar-refractivity contribution in [3.63, 3.8) is 0 Å². The quantitative estimate of drug-likeness (QED) is 0.341. The summed E-state index contributed by atoms with van der Waals surface area (Å²) in [6.07, 6.45) is 0. The lowest BCUT2D eigenvalue weighted by Crippen LogP contribution is -2.36. The van der Waals surface area contributed by atoms with E-state index in [1.807, 2.05) is 35.2 Å². The van der Waals surface area contributed by atoms with E-state index in [4.69, 9.17) is 4.74 Å². The number of nitro groups is 1. The van der Waals surface area contributed by atoms with Gasteiger partial charge in [0.15, 0.2) is 10.9 Å². The molecule has 0 saturated carbocycles. The van der Waals surface area contributed by atoms with Crippen molar-refractivity contribution in [1.29, 1.82) is 0 Å². The van der Waals surface area contributed by atoms with Crippen LogP contribution in [0.15, 0.2) is 48.5 Å². The Morgan fingerprint density at radius 1 is 1.16 bits per heavy atom. The molecule has 0 radical (unpaired) electrons. The molecule has 4 rings (SSSR count). The molecular weight excluding hydrogens is 432 g/mol. The molecule has 1 fully saturated rings. The van der Waals surface area contributed by atoms with Gasteiger partial charge in [-0.15, -0.1) is 0 Å². The van der Waals surface area contributed by atoms with Gasteiger partial charge in [-0.05, 0) is 12.1 Å². The topological polar surface area (TPSA) is 115 Å². The van der Waals surface area contributed by atoms with E-state index in [1.165, 1.54) is 13.0 Å². The number of anilines is 2. The molecule has 0 spiro atoms. The van der Waals surface area contributed by atoms with E-state index in [0.29, 0.717) is 42.6 Å². The Kier molecular flexibility index (Phi) is 6.24. The number of carbonyl (C=O) groups is 2. The second-order valence-corrected chi connectivity index (χ2v) is 8.13. The van der Waals surface area contributed by atoms with Gasteiger partial charge in [0.1, 0.15) is 5.69 Å². The lowest BCUT2D eigenvalue weighted by Gasteiger charge is -2.28. The van der Waals surface area contributed by atoms with E-state index < -0.39 is 10.8 Å². The number of nitrogens with one attached hydrogen (secondary N) is 1. The van der Waals surface area contributed by atoms with Gasteiger partial charge in [-0.1, -0.05) is 41.7 Å². The highest BCUT2D eigenvalue weighted by atomic mass is 32.1. The number of benzene rings is 2. The van der Waals surface area contributed by atoms with Gasteiger partial charge < -0.3 is 9.64 Å². The SMILES string of the molecule is CC(=O)c1sc(NC(=O)c2ccc(N3CCOCC3)c([N+](=O)[O-])c2)nc1-c1ccccc1. The summed E-state index contributed by atoms with van der Waals surface area (Å²) >= 11 is 1.07. The predicted octanol–water partition coefficient (Wildman–Crippen LogP) is 4.01. The van der Waals surface area contributed by atoms with Crippen molar-refractivity contribution in [1.82, 2.24) is 4.98 Å². The maximum atomic E-state index is 12.8. The monoisotopic (exact) mass is 452 g/mol. The number of Topliss-reactive ketones (excluding diaryl/α,β-unsaturated/α-hetero) is 1. The fraction of sp³-hybridized carbons (Fsp3) is 0.227. The van der Waals surface area contributed by atoms with Gasteiger partial charge >= 0.3 is 0 Å². The number of ketones is 1. The first kappa shape index (κ1) is 21.6. The van der Waals surface area contributed by atoms with E-state index in [2.05, 4.69) is 10.3 Å². The summed E-state index contributed by atoms with van der Waals surface area (Å²) in [4.78, 5) is 42.8. The zero-order chi connectivity index (χ0) is 22.7. The van der Waals surface area contributed by atoms with Gasteiger partial charge in [-0.3, -0.25) is 25.0 Å². The highest BCUT2D eigenvalue weighted by Gasteiger charge is 2.24. The fourth-order valence-corrected chi connectivity index (χ4v) is 4.33. The zero-order valence-corrected chi connectivity index (χ0v) is 18.1. The highest BCUT2D eigenvalue weighted by Crippen LogP contribution is 2.33. The van der Waals surface area contributed by atoms with E-state index in [1.54, 1.807) is 12.1 Å². The Hall–Kier alpha value is -3.63. The standard InChI is InChI=1S/C22H20N4O5S/c1-14(27)20-19(15-5-3-2-4-6-15)23-22(32-20)24-21(28)16-7-8-17(18(13-16)26(29)30)25-9-11-31-12-10-25/h2-8,13H,9-12H2,1H3,(H,23,24,28). The number of thiazole rings is 1. The lowest BCUT2D eigenvalue weighted by atomic mass is 10.1. The third kappa shape index (κ3) is 4.51. The number of nitrogens with zero attached hydrogens (tertiary/aromatic N) is 3. The molecule has 1 N–H and O–H groups in total. The smallest absolute Gasteiger partial charge is 0.293 e. The normalized spacial score (nSPS) is 13.6. The van der Waals surface area contributed by atoms with Crippen LogP contribution in [0.5, 0.6) is 0 Å². The van der Waals surface area contributed by atoms with Crippen LogP contribution in [0.4, 0.5) is 16.5 Å². The van der Waals surface area contributed by atoms with Gasteiger partial charge in [-0.25, -0.2) is 4.98 Å². The summed E-state index contributed by atoms with van der Waals surface area (Å²) in [5.74, 6) is -0.697. The van der Waals surface area contributed by atoms with E-state index in [9.17, 15) is 19.7 Å². The molecule has 164 valence electrons. The predicted molar refractivity (Wildman–Crippen MR) is 122 cm³/mol. The van der Waals surface area contributed by atoms with Gasteiger partial charge in [0.25, 0.3) is 11.6 Å². The summed E-state index contributed by atoms with van der Waals surface area (Å²) in [6, 6.07) is 13.6. The number of ether oxygens (including phenoxy) is 1. The first-order chi connectivity index (χ1) is 15.4. The third-order valence-electron chi connectivity index (χ3n) is 5.00. The molecule has 1 aliphatic heterocycles. The molecular formula is C22H20N4O5S. The number of carbonyl (C=O) groups excluding carboxylic acids is 2. The van der Waals surface area contributed by atoms with Crippen LogP contribution in [0, 0.1) is 10.1 Å². The van der Waals surface area contributed by atoms with Gasteiger partial charge in [0.05, 0.1) is 28.7 Å². The maximum absolute atomic E-state index is 12.8. The van der Waals surface area contributed by atoms with Crippen LogP contribution in [0.2, 0.25) is 0 Å². The summed E-state index contributed by atoms with van der Waals surface area (Å²) < 4.78 is 5.30. The first-order valence-electron chi connectivity index (χ1n) is 9.93. The van der Waals surface area contributed by atoms with Gasteiger partial charge in [0, 0.05) is 37.2 Å². The molecule has 0 unspecified atom stereocenters. The Labute approximate surface area is 187 Å². The minimum absolute atomic E-state index is 0.134. The van der Waals surface area contributed by atoms with E-state index in [-0.39, 0.29) is 22.2 Å². The van der Waals surface area contributed by atoms with Gasteiger partial charge in [-0.2, -0.15) is 0 Å². The molecule has 3 aromatic rings. The summed E-state index contributed by atoms with van der Waals surface area (Å²) in [6.45, 7) is 3.51. The molecule has 32 heavy (non-hydrogen) atoms. The van der Waals surface area contributed by atoms with Crippen molar-refractivity contribution in [2.24, 2.45) is 0 Å². The molecule has 0 atom stereocenters. The zero-order valence-electron chi connectivity index (χ0n) is 17.2. The average Bonchev–Trinajstić information content (AvgIpc) is 3.24. The number of amides is 1. The molecule has 9 nitrogen and oxygen atoms in total. The van der Waals surface area contributed by atoms with Crippen LogP contribution in [-0.4, -0.2) is 47.9 Å². The third-order valence-corrected chi connectivity index (χ3v) is 6.07. The Morgan fingerprint density at radius 3 is 2.53 bits per heavy atom. The van der Waals surface area contributed by atoms with Crippen molar-refractivity contribution in [2.75, 3.05) is 36.5 Å². The van der Waals surface area contributed by atoms with Crippen LogP contribution in [0.1, 0.15) is 27.0 Å². The van der Waals surface area contributed by atoms with Crippen molar-refractivity contribution < 1.29 is 19.2 Å². The minimum atomic E-state index is -0.537. The Bertz CT molecular complexity index is 1170. The molecule has 2 aromatic carbocycles. The van der Waals surface area contributed by atoms with Gasteiger partial charge in [0.2, 0.25) is 0 Å². The number of aromatic nitrogens is 1. The second kappa shape index (κ2) is 9.25. The maximum Gasteiger partial charge on any atom is 0.293 e. The number of hydrogen-bond acceptors (Lipinski definition) is 8. The fourth-order valence-electron chi connectivity index (χ4n) is 3.46. The molecule has 0 bridgehead atoms. The largest absolute Gasteiger partial charge is 0.378 e. The summed E-state index contributed by atoms with van der Waals surface area (Å²) in [5, 5.41) is 14.6. The molecule has 1 amide bonds. The molecule has 2 heterocycles. The molecule has 0 aliphatic carbocycles. The second-order valence-electron chi connectivity index (χ2n) is 7.13. The summed E-state index contributed by atoms with van der Waals surface area (Å²) in [7, 11) is 0. The molecule has 1 saturated heterocycles. The number of nitro benzene ring substituents is 1. The average molecular weight is 452 g/mol. The van der Waals surface area contributed by atoms with Crippen LogP contribution in [-0.2, 0) is 4.74 Å². The number of hydrogen-bond donors (Lipinski definition) is 1. The first-order valence-corrected chi connectivity index (χ1v) is 10.8. The van der Waals surface area contributed by atoms with Crippen LogP contribution in [0.3, 0.4) is 0 Å². The van der Waals surface area contributed by atoms with Crippen molar-refractivity contribution >= 4 is 39.5 Å². The number of rotatable bonds is 6. The summed E-state index contributed by atoms with van der Waals surface area (Å²) in [5.41, 5.74) is 1.70. The lowest BCUT2D eigenvalue weighted by molar-refractivity contribution is -0.384. The van der Waals surface area contributed by atoms with Crippen LogP contribution < -0.4 is 10.2 Å². The number of morpholine rings is 1. The molecule has 10 heteroatoms. The Balaban J connectivity index is 1.61. The molecule has 1 aliphatic rings. The Morgan fingerprint density at radius 2 is 1.88 bits per heavy atom. The van der Waals surface area contributed by atoms with Crippen molar-refractivity contribution in [3.8, 4) is 11.3 Å². The molecule has 1 aromatic heterocycles.